The molecule has 2 N–H and O–H groups in total. The van der Waals surface area contributed by atoms with Crippen LogP contribution in [0.2, 0.25) is 0 Å². The summed E-state index contributed by atoms with van der Waals surface area (Å²) in [7, 11) is 0. The average molecular weight is 293 g/mol. The standard InChI is InChI=1S/C16H23NO4/c1-12(2)8-9-14(10-15(18)19)17-16(20)21-11-13-6-4-3-5-7-13/h3-7,12,14H,8-11H2,1-2H3,(H,17,20)(H,18,19). The predicted octanol–water partition coefficient (Wildman–Crippen LogP) is 3.19. The van der Waals surface area contributed by atoms with E-state index in [1.54, 1.807) is 0 Å². The second-order valence-corrected chi connectivity index (χ2v) is 5.47. The number of nitrogens with one attached hydrogen (secondary N) is 1. The number of carbonyl (C=O) groups excluding carboxylic acids is 1. The van der Waals surface area contributed by atoms with Crippen LogP contribution in [-0.4, -0.2) is 23.2 Å². The minimum atomic E-state index is -0.924. The number of hydrogen-bond acceptors (Lipinski definition) is 3. The van der Waals surface area contributed by atoms with E-state index in [1.807, 2.05) is 30.3 Å². The lowest BCUT2D eigenvalue weighted by atomic mass is 10.0. The van der Waals surface area contributed by atoms with Crippen molar-refractivity contribution in [2.24, 2.45) is 5.92 Å². The molecule has 1 rings (SSSR count). The minimum Gasteiger partial charge on any atom is -0.481 e. The van der Waals surface area contributed by atoms with Gasteiger partial charge in [-0.2, -0.15) is 0 Å². The summed E-state index contributed by atoms with van der Waals surface area (Å²) in [5, 5.41) is 11.5. The molecule has 1 aromatic rings. The largest absolute Gasteiger partial charge is 0.481 e. The van der Waals surface area contributed by atoms with E-state index < -0.39 is 18.1 Å². The average Bonchev–Trinajstić information content (AvgIpc) is 2.43. The van der Waals surface area contributed by atoms with Gasteiger partial charge in [-0.1, -0.05) is 44.2 Å². The highest BCUT2D eigenvalue weighted by molar-refractivity contribution is 5.71. The summed E-state index contributed by atoms with van der Waals surface area (Å²) in [6, 6.07) is 8.95. The summed E-state index contributed by atoms with van der Waals surface area (Å²) < 4.78 is 5.10. The number of alkyl carbamates (subject to hydrolysis) is 1. The van der Waals surface area contributed by atoms with Gasteiger partial charge in [0.15, 0.2) is 0 Å². The molecule has 116 valence electrons. The highest BCUT2D eigenvalue weighted by Crippen LogP contribution is 2.10. The molecule has 1 unspecified atom stereocenters. The fourth-order valence-corrected chi connectivity index (χ4v) is 1.90. The molecule has 0 aliphatic rings. The van der Waals surface area contributed by atoms with E-state index in [0.717, 1.165) is 12.0 Å². The molecule has 1 aromatic carbocycles. The highest BCUT2D eigenvalue weighted by atomic mass is 16.5. The molecule has 5 heteroatoms. The molecular weight excluding hydrogens is 270 g/mol. The molecule has 5 nitrogen and oxygen atoms in total. The van der Waals surface area contributed by atoms with Crippen LogP contribution in [0.15, 0.2) is 30.3 Å². The normalized spacial score (nSPS) is 12.0. The topological polar surface area (TPSA) is 75.6 Å². The monoisotopic (exact) mass is 293 g/mol. The van der Waals surface area contributed by atoms with Crippen LogP contribution in [-0.2, 0) is 16.1 Å². The van der Waals surface area contributed by atoms with Crippen molar-refractivity contribution in [2.75, 3.05) is 0 Å². The van der Waals surface area contributed by atoms with Crippen LogP contribution in [0.5, 0.6) is 0 Å². The lowest BCUT2D eigenvalue weighted by Crippen LogP contribution is -2.37. The zero-order valence-corrected chi connectivity index (χ0v) is 12.5. The van der Waals surface area contributed by atoms with Gasteiger partial charge in [0.05, 0.1) is 6.42 Å². The quantitative estimate of drug-likeness (QED) is 0.771. The Morgan fingerprint density at radius 2 is 1.86 bits per heavy atom. The molecule has 0 saturated heterocycles. The van der Waals surface area contributed by atoms with E-state index in [4.69, 9.17) is 9.84 Å². The molecule has 0 heterocycles. The molecule has 21 heavy (non-hydrogen) atoms. The summed E-state index contributed by atoms with van der Waals surface area (Å²) in [5.74, 6) is -0.462. The van der Waals surface area contributed by atoms with E-state index in [0.29, 0.717) is 12.3 Å². The summed E-state index contributed by atoms with van der Waals surface area (Å²) in [4.78, 5) is 22.5. The number of hydrogen-bond donors (Lipinski definition) is 2. The Balaban J connectivity index is 2.41. The number of rotatable bonds is 8. The number of carboxylic acid groups (broad SMARTS) is 1. The van der Waals surface area contributed by atoms with Gasteiger partial charge < -0.3 is 15.2 Å². The number of benzene rings is 1. The van der Waals surface area contributed by atoms with Crippen LogP contribution in [0.3, 0.4) is 0 Å². The molecule has 0 saturated carbocycles. The van der Waals surface area contributed by atoms with Crippen molar-refractivity contribution in [3.63, 3.8) is 0 Å². The van der Waals surface area contributed by atoms with Crippen LogP contribution in [0.25, 0.3) is 0 Å². The number of aliphatic carboxylic acids is 1. The van der Waals surface area contributed by atoms with Crippen LogP contribution < -0.4 is 5.32 Å². The van der Waals surface area contributed by atoms with Gasteiger partial charge in [-0.25, -0.2) is 4.79 Å². The third kappa shape index (κ3) is 7.97. The Morgan fingerprint density at radius 1 is 1.19 bits per heavy atom. The van der Waals surface area contributed by atoms with Gasteiger partial charge >= 0.3 is 12.1 Å². The summed E-state index contributed by atoms with van der Waals surface area (Å²) in [5.41, 5.74) is 0.893. The summed E-state index contributed by atoms with van der Waals surface area (Å²) in [6.07, 6.45) is 0.822. The van der Waals surface area contributed by atoms with Gasteiger partial charge in [-0.05, 0) is 24.3 Å². The van der Waals surface area contributed by atoms with Crippen molar-refractivity contribution in [1.29, 1.82) is 0 Å². The lowest BCUT2D eigenvalue weighted by molar-refractivity contribution is -0.137. The Kier molecular flexibility index (Phi) is 7.29. The van der Waals surface area contributed by atoms with Crippen LogP contribution in [0, 0.1) is 5.92 Å². The molecule has 0 spiro atoms. The van der Waals surface area contributed by atoms with E-state index in [2.05, 4.69) is 19.2 Å². The van der Waals surface area contributed by atoms with E-state index in [9.17, 15) is 9.59 Å². The first-order chi connectivity index (χ1) is 9.97. The maximum atomic E-state index is 11.7. The van der Waals surface area contributed by atoms with Crippen molar-refractivity contribution < 1.29 is 19.4 Å². The second-order valence-electron chi connectivity index (χ2n) is 5.47. The SMILES string of the molecule is CC(C)CCC(CC(=O)O)NC(=O)OCc1ccccc1. The summed E-state index contributed by atoms with van der Waals surface area (Å²) in [6.45, 7) is 4.30. The maximum absolute atomic E-state index is 11.7. The van der Waals surface area contributed by atoms with Gasteiger partial charge in [0.2, 0.25) is 0 Å². The Hall–Kier alpha value is -2.04. The van der Waals surface area contributed by atoms with E-state index in [-0.39, 0.29) is 13.0 Å². The molecule has 1 amide bonds. The van der Waals surface area contributed by atoms with Crippen molar-refractivity contribution in [3.8, 4) is 0 Å². The molecule has 1 atom stereocenters. The summed E-state index contributed by atoms with van der Waals surface area (Å²) >= 11 is 0. The van der Waals surface area contributed by atoms with Crippen LogP contribution in [0.4, 0.5) is 4.79 Å². The zero-order chi connectivity index (χ0) is 15.7. The first-order valence-electron chi connectivity index (χ1n) is 7.16. The van der Waals surface area contributed by atoms with E-state index in [1.165, 1.54) is 0 Å². The molecule has 0 aromatic heterocycles. The van der Waals surface area contributed by atoms with Crippen molar-refractivity contribution in [3.05, 3.63) is 35.9 Å². The third-order valence-electron chi connectivity index (χ3n) is 3.05. The predicted molar refractivity (Wildman–Crippen MR) is 79.9 cm³/mol. The van der Waals surface area contributed by atoms with Crippen LogP contribution >= 0.6 is 0 Å². The third-order valence-corrected chi connectivity index (χ3v) is 3.05. The maximum Gasteiger partial charge on any atom is 0.407 e. The zero-order valence-electron chi connectivity index (χ0n) is 12.5. The molecule has 0 fully saturated rings. The van der Waals surface area contributed by atoms with Gasteiger partial charge in [-0.3, -0.25) is 4.79 Å². The number of carboxylic acids is 1. The minimum absolute atomic E-state index is 0.0901. The Bertz CT molecular complexity index is 445. The Morgan fingerprint density at radius 3 is 2.43 bits per heavy atom. The smallest absolute Gasteiger partial charge is 0.407 e. The first-order valence-corrected chi connectivity index (χ1v) is 7.16. The van der Waals surface area contributed by atoms with Gasteiger partial charge in [-0.15, -0.1) is 0 Å². The number of amides is 1. The first kappa shape index (κ1) is 17.0. The highest BCUT2D eigenvalue weighted by Gasteiger charge is 2.17. The van der Waals surface area contributed by atoms with E-state index >= 15 is 0 Å². The molecular formula is C16H23NO4. The van der Waals surface area contributed by atoms with Gasteiger partial charge in [0.1, 0.15) is 6.61 Å². The van der Waals surface area contributed by atoms with Crippen molar-refractivity contribution in [1.82, 2.24) is 5.32 Å². The van der Waals surface area contributed by atoms with Gasteiger partial charge in [0.25, 0.3) is 0 Å². The van der Waals surface area contributed by atoms with Crippen molar-refractivity contribution >= 4 is 12.1 Å². The fourth-order valence-electron chi connectivity index (χ4n) is 1.90. The van der Waals surface area contributed by atoms with Gasteiger partial charge in [0, 0.05) is 6.04 Å². The Labute approximate surface area is 125 Å². The van der Waals surface area contributed by atoms with Crippen LogP contribution in [0.1, 0.15) is 38.7 Å². The lowest BCUT2D eigenvalue weighted by Gasteiger charge is -2.17. The fraction of sp³-hybridized carbons (Fsp3) is 0.500. The molecule has 0 aliphatic carbocycles. The second kappa shape index (κ2) is 9.00. The molecule has 0 bridgehead atoms. The molecule has 0 radical (unpaired) electrons. The van der Waals surface area contributed by atoms with Crippen molar-refractivity contribution in [2.45, 2.75) is 45.8 Å². The molecule has 0 aliphatic heterocycles. The number of carbonyl (C=O) groups is 2. The number of ether oxygens (including phenoxy) is 1.